The number of fused-ring (bicyclic) bond motifs is 1. The number of halogens is 1. The van der Waals surface area contributed by atoms with Gasteiger partial charge in [0.2, 0.25) is 10.0 Å². The summed E-state index contributed by atoms with van der Waals surface area (Å²) >= 11 is 6.12. The Kier molecular flexibility index (Phi) is 8.16. The van der Waals surface area contributed by atoms with E-state index in [-0.39, 0.29) is 16.8 Å². The highest BCUT2D eigenvalue weighted by atomic mass is 35.5. The van der Waals surface area contributed by atoms with Crippen LogP contribution in [0.1, 0.15) is 34.8 Å². The molecule has 0 heterocycles. The van der Waals surface area contributed by atoms with Crippen LogP contribution in [0.15, 0.2) is 41.3 Å². The Morgan fingerprint density at radius 3 is 2.62 bits per heavy atom. The summed E-state index contributed by atoms with van der Waals surface area (Å²) in [7, 11) is 0.378. The second-order valence-electron chi connectivity index (χ2n) is 8.20. The maximum Gasteiger partial charge on any atom is 0.255 e. The molecule has 1 atom stereocenters. The van der Waals surface area contributed by atoms with Crippen LogP contribution in [0, 0.1) is 0 Å². The molecule has 0 aliphatic heterocycles. The highest BCUT2D eigenvalue weighted by Crippen LogP contribution is 2.27. The fourth-order valence-electron chi connectivity index (χ4n) is 3.59. The molecule has 2 N–H and O–H groups in total. The zero-order chi connectivity index (χ0) is 23.3. The molecule has 1 unspecified atom stereocenters. The fraction of sp³-hybridized carbons (Fsp3) is 0.435. The molecule has 1 aliphatic rings. The molecule has 32 heavy (non-hydrogen) atoms. The standard InChI is InChI=1S/C23H30ClN3O4S/c1-4-9-25-32(29,30)20-7-5-16-12-19(13-17(16)14-20)26-23(28)21-15-18(24)6-8-22(21)31-11-10-27(2)3/h5-8,14-15,19,25H,4,9-13H2,1-3H3,(H,26,28). The van der Waals surface area contributed by atoms with E-state index in [1.807, 2.05) is 32.0 Å². The summed E-state index contributed by atoms with van der Waals surface area (Å²) in [6.07, 6.45) is 1.93. The molecule has 1 amide bonds. The first-order chi connectivity index (χ1) is 15.2. The zero-order valence-electron chi connectivity index (χ0n) is 18.7. The van der Waals surface area contributed by atoms with Crippen LogP contribution in [0.5, 0.6) is 5.75 Å². The molecule has 0 bridgehead atoms. The van der Waals surface area contributed by atoms with Gasteiger partial charge in [0.05, 0.1) is 10.5 Å². The van der Waals surface area contributed by atoms with Crippen LogP contribution in [0.2, 0.25) is 5.02 Å². The average molecular weight is 480 g/mol. The number of rotatable bonds is 10. The lowest BCUT2D eigenvalue weighted by atomic mass is 10.1. The summed E-state index contributed by atoms with van der Waals surface area (Å²) < 4.78 is 33.2. The van der Waals surface area contributed by atoms with Crippen LogP contribution in [0.4, 0.5) is 0 Å². The van der Waals surface area contributed by atoms with Crippen molar-refractivity contribution in [1.29, 1.82) is 0 Å². The molecule has 2 aromatic carbocycles. The normalized spacial score (nSPS) is 15.6. The van der Waals surface area contributed by atoms with Gasteiger partial charge < -0.3 is 15.0 Å². The van der Waals surface area contributed by atoms with E-state index in [1.165, 1.54) is 0 Å². The first-order valence-electron chi connectivity index (χ1n) is 10.7. The van der Waals surface area contributed by atoms with Crippen molar-refractivity contribution in [2.75, 3.05) is 33.8 Å². The van der Waals surface area contributed by atoms with Gasteiger partial charge in [0.1, 0.15) is 12.4 Å². The second kappa shape index (κ2) is 10.7. The van der Waals surface area contributed by atoms with Gasteiger partial charge in [-0.3, -0.25) is 4.79 Å². The minimum atomic E-state index is -3.52. The first kappa shape index (κ1) is 24.5. The van der Waals surface area contributed by atoms with Crippen LogP contribution in [-0.2, 0) is 22.9 Å². The average Bonchev–Trinajstić information content (AvgIpc) is 3.14. The smallest absolute Gasteiger partial charge is 0.255 e. The Bertz CT molecular complexity index is 1070. The minimum absolute atomic E-state index is 0.132. The van der Waals surface area contributed by atoms with Crippen molar-refractivity contribution < 1.29 is 17.9 Å². The van der Waals surface area contributed by atoms with Gasteiger partial charge in [0, 0.05) is 24.2 Å². The number of nitrogens with one attached hydrogen (secondary N) is 2. The van der Waals surface area contributed by atoms with Gasteiger partial charge in [-0.15, -0.1) is 0 Å². The van der Waals surface area contributed by atoms with Crippen LogP contribution < -0.4 is 14.8 Å². The number of ether oxygens (including phenoxy) is 1. The Morgan fingerprint density at radius 1 is 1.16 bits per heavy atom. The highest BCUT2D eigenvalue weighted by molar-refractivity contribution is 7.89. The molecule has 1 aliphatic carbocycles. The predicted molar refractivity (Wildman–Crippen MR) is 126 cm³/mol. The van der Waals surface area contributed by atoms with E-state index in [4.69, 9.17) is 16.3 Å². The van der Waals surface area contributed by atoms with E-state index in [1.54, 1.807) is 30.3 Å². The number of hydrogen-bond acceptors (Lipinski definition) is 5. The zero-order valence-corrected chi connectivity index (χ0v) is 20.2. The molecular formula is C23H30ClN3O4S. The van der Waals surface area contributed by atoms with Crippen molar-refractivity contribution in [1.82, 2.24) is 14.9 Å². The van der Waals surface area contributed by atoms with E-state index in [9.17, 15) is 13.2 Å². The third-order valence-corrected chi connectivity index (χ3v) is 6.97. The Balaban J connectivity index is 1.69. The van der Waals surface area contributed by atoms with Gasteiger partial charge in [-0.2, -0.15) is 0 Å². The SMILES string of the molecule is CCCNS(=O)(=O)c1ccc2c(c1)CC(NC(=O)c1cc(Cl)ccc1OCCN(C)C)C2. The van der Waals surface area contributed by atoms with Crippen molar-refractivity contribution in [2.24, 2.45) is 0 Å². The fourth-order valence-corrected chi connectivity index (χ4v) is 4.95. The summed E-state index contributed by atoms with van der Waals surface area (Å²) in [6.45, 7) is 3.49. The molecule has 7 nitrogen and oxygen atoms in total. The summed E-state index contributed by atoms with van der Waals surface area (Å²) in [5.41, 5.74) is 2.36. The molecule has 0 saturated heterocycles. The lowest BCUT2D eigenvalue weighted by Crippen LogP contribution is -2.35. The van der Waals surface area contributed by atoms with Crippen LogP contribution in [0.25, 0.3) is 0 Å². The maximum absolute atomic E-state index is 13.0. The van der Waals surface area contributed by atoms with Gasteiger partial charge in [0.15, 0.2) is 0 Å². The van der Waals surface area contributed by atoms with Crippen LogP contribution in [-0.4, -0.2) is 59.1 Å². The molecule has 0 fully saturated rings. The van der Waals surface area contributed by atoms with E-state index >= 15 is 0 Å². The van der Waals surface area contributed by atoms with Gasteiger partial charge in [-0.25, -0.2) is 13.1 Å². The number of sulfonamides is 1. The molecular weight excluding hydrogens is 450 g/mol. The number of carbonyl (C=O) groups excluding carboxylic acids is 1. The van der Waals surface area contributed by atoms with E-state index < -0.39 is 10.0 Å². The molecule has 0 spiro atoms. The van der Waals surface area contributed by atoms with Crippen molar-refractivity contribution in [2.45, 2.75) is 37.1 Å². The topological polar surface area (TPSA) is 87.7 Å². The molecule has 0 radical (unpaired) electrons. The van der Waals surface area contributed by atoms with Gasteiger partial charge in [-0.05, 0) is 74.8 Å². The van der Waals surface area contributed by atoms with Gasteiger partial charge in [0.25, 0.3) is 5.91 Å². The van der Waals surface area contributed by atoms with Crippen molar-refractivity contribution in [3.63, 3.8) is 0 Å². The summed E-state index contributed by atoms with van der Waals surface area (Å²) in [4.78, 5) is 15.3. The van der Waals surface area contributed by atoms with E-state index in [2.05, 4.69) is 10.0 Å². The lowest BCUT2D eigenvalue weighted by molar-refractivity contribution is 0.0934. The quantitative estimate of drug-likeness (QED) is 0.547. The highest BCUT2D eigenvalue weighted by Gasteiger charge is 2.26. The maximum atomic E-state index is 13.0. The molecule has 174 valence electrons. The molecule has 9 heteroatoms. The van der Waals surface area contributed by atoms with E-state index in [0.29, 0.717) is 42.3 Å². The number of likely N-dealkylation sites (N-methyl/N-ethyl adjacent to an activating group) is 1. The number of benzene rings is 2. The minimum Gasteiger partial charge on any atom is -0.491 e. The number of amides is 1. The Labute approximate surface area is 195 Å². The molecule has 0 saturated carbocycles. The second-order valence-corrected chi connectivity index (χ2v) is 10.4. The molecule has 3 rings (SSSR count). The lowest BCUT2D eigenvalue weighted by Gasteiger charge is -2.16. The van der Waals surface area contributed by atoms with Crippen molar-refractivity contribution in [3.05, 3.63) is 58.1 Å². The number of nitrogens with zero attached hydrogens (tertiary/aromatic N) is 1. The molecule has 2 aromatic rings. The van der Waals surface area contributed by atoms with Crippen molar-refractivity contribution in [3.8, 4) is 5.75 Å². The third-order valence-electron chi connectivity index (χ3n) is 5.28. The largest absolute Gasteiger partial charge is 0.491 e. The summed E-state index contributed by atoms with van der Waals surface area (Å²) in [5, 5.41) is 3.51. The summed E-state index contributed by atoms with van der Waals surface area (Å²) in [5.74, 6) is 0.224. The summed E-state index contributed by atoms with van der Waals surface area (Å²) in [6, 6.07) is 10.0. The Morgan fingerprint density at radius 2 is 1.91 bits per heavy atom. The first-order valence-corrected chi connectivity index (χ1v) is 12.5. The van der Waals surface area contributed by atoms with E-state index in [0.717, 1.165) is 24.1 Å². The van der Waals surface area contributed by atoms with Crippen LogP contribution >= 0.6 is 11.6 Å². The van der Waals surface area contributed by atoms with Crippen LogP contribution in [0.3, 0.4) is 0 Å². The van der Waals surface area contributed by atoms with Gasteiger partial charge >= 0.3 is 0 Å². The van der Waals surface area contributed by atoms with Gasteiger partial charge in [-0.1, -0.05) is 24.6 Å². The Hall–Kier alpha value is -2.13. The number of hydrogen-bond donors (Lipinski definition) is 2. The predicted octanol–water partition coefficient (Wildman–Crippen LogP) is 2.87. The number of carbonyl (C=O) groups is 1. The van der Waals surface area contributed by atoms with Crippen molar-refractivity contribution >= 4 is 27.5 Å². The molecule has 0 aromatic heterocycles. The third kappa shape index (κ3) is 6.22. The monoisotopic (exact) mass is 479 g/mol.